The molecule has 1 rings (SSSR count). The first-order chi connectivity index (χ1) is 7.11. The zero-order chi connectivity index (χ0) is 11.3. The first-order valence-corrected chi connectivity index (χ1v) is 4.77. The molecule has 0 saturated carbocycles. The average Bonchev–Trinajstić information content (AvgIpc) is 2.18. The second-order valence-corrected chi connectivity index (χ2v) is 3.28. The number of anilines is 2. The number of hydrogen-bond donors (Lipinski definition) is 3. The van der Waals surface area contributed by atoms with E-state index in [2.05, 4.69) is 15.3 Å². The molecule has 1 amide bonds. The summed E-state index contributed by atoms with van der Waals surface area (Å²) in [6.07, 6.45) is 2.26. The van der Waals surface area contributed by atoms with Gasteiger partial charge in [-0.2, -0.15) is 0 Å². The highest BCUT2D eigenvalue weighted by Gasteiger charge is 2.04. The summed E-state index contributed by atoms with van der Waals surface area (Å²) in [6, 6.07) is 0. The molecule has 1 heterocycles. The molecule has 82 valence electrons. The Morgan fingerprint density at radius 2 is 2.27 bits per heavy atom. The van der Waals surface area contributed by atoms with E-state index in [-0.39, 0.29) is 11.1 Å². The first-order valence-electron chi connectivity index (χ1n) is 4.39. The molecule has 0 spiro atoms. The third-order valence-electron chi connectivity index (χ3n) is 1.73. The highest BCUT2D eigenvalue weighted by Crippen LogP contribution is 2.21. The molecule has 0 saturated heterocycles. The van der Waals surface area contributed by atoms with Gasteiger partial charge in [-0.1, -0.05) is 11.6 Å². The van der Waals surface area contributed by atoms with Crippen molar-refractivity contribution in [3.63, 3.8) is 0 Å². The van der Waals surface area contributed by atoms with Crippen LogP contribution < -0.4 is 16.8 Å². The Labute approximate surface area is 92.0 Å². The lowest BCUT2D eigenvalue weighted by molar-refractivity contribution is -0.118. The number of nitrogen functional groups attached to an aromatic ring is 1. The van der Waals surface area contributed by atoms with Gasteiger partial charge in [0, 0.05) is 13.0 Å². The number of amides is 1. The summed E-state index contributed by atoms with van der Waals surface area (Å²) in [7, 11) is 0. The minimum absolute atomic E-state index is 0.211. The number of nitrogens with two attached hydrogens (primary N) is 2. The minimum atomic E-state index is -0.328. The Kier molecular flexibility index (Phi) is 4.11. The molecule has 0 atom stereocenters. The molecule has 5 N–H and O–H groups in total. The highest BCUT2D eigenvalue weighted by atomic mass is 35.5. The van der Waals surface area contributed by atoms with Crippen LogP contribution in [-0.4, -0.2) is 22.4 Å². The first kappa shape index (κ1) is 11.5. The molecular formula is C8H12ClN5O. The van der Waals surface area contributed by atoms with Crippen molar-refractivity contribution in [1.29, 1.82) is 0 Å². The summed E-state index contributed by atoms with van der Waals surface area (Å²) in [5.41, 5.74) is 10.9. The number of nitrogens with zero attached hydrogens (tertiary/aromatic N) is 2. The van der Waals surface area contributed by atoms with Gasteiger partial charge in [0.25, 0.3) is 0 Å². The Hall–Kier alpha value is -1.56. The third-order valence-corrected chi connectivity index (χ3v) is 2.03. The fourth-order valence-corrected chi connectivity index (χ4v) is 1.12. The van der Waals surface area contributed by atoms with E-state index in [1.807, 2.05) is 0 Å². The standard InChI is InChI=1S/C8H12ClN5O/c9-7-6(11)8(14-4-13-7)12-3-1-2-5(10)15/h4H,1-3,11H2,(H2,10,15)(H,12,13,14). The summed E-state index contributed by atoms with van der Waals surface area (Å²) >= 11 is 5.69. The Balaban J connectivity index is 2.44. The fourth-order valence-electron chi connectivity index (χ4n) is 0.984. The molecule has 0 aliphatic carbocycles. The van der Waals surface area contributed by atoms with E-state index >= 15 is 0 Å². The van der Waals surface area contributed by atoms with E-state index in [1.165, 1.54) is 6.33 Å². The van der Waals surface area contributed by atoms with Gasteiger partial charge in [0.2, 0.25) is 5.91 Å². The molecule has 0 aliphatic heterocycles. The molecule has 6 nitrogen and oxygen atoms in total. The van der Waals surface area contributed by atoms with E-state index in [9.17, 15) is 4.79 Å². The number of carbonyl (C=O) groups is 1. The number of rotatable bonds is 5. The second-order valence-electron chi connectivity index (χ2n) is 2.92. The maximum Gasteiger partial charge on any atom is 0.217 e. The third kappa shape index (κ3) is 3.59. The maximum absolute atomic E-state index is 10.5. The molecule has 7 heteroatoms. The lowest BCUT2D eigenvalue weighted by atomic mass is 10.3. The molecule has 1 aromatic heterocycles. The molecule has 0 radical (unpaired) electrons. The summed E-state index contributed by atoms with van der Waals surface area (Å²) < 4.78 is 0. The Morgan fingerprint density at radius 1 is 1.53 bits per heavy atom. The van der Waals surface area contributed by atoms with Gasteiger partial charge in [0.05, 0.1) is 0 Å². The quantitative estimate of drug-likeness (QED) is 0.500. The van der Waals surface area contributed by atoms with Crippen molar-refractivity contribution >= 4 is 29.0 Å². The lowest BCUT2D eigenvalue weighted by Crippen LogP contribution is -2.13. The largest absolute Gasteiger partial charge is 0.393 e. The van der Waals surface area contributed by atoms with E-state index in [0.29, 0.717) is 30.9 Å². The number of carbonyl (C=O) groups excluding carboxylic acids is 1. The van der Waals surface area contributed by atoms with E-state index < -0.39 is 0 Å². The van der Waals surface area contributed by atoms with Crippen molar-refractivity contribution in [3.05, 3.63) is 11.5 Å². The number of nitrogens with one attached hydrogen (secondary N) is 1. The maximum atomic E-state index is 10.5. The number of aromatic nitrogens is 2. The van der Waals surface area contributed by atoms with Gasteiger partial charge in [-0.05, 0) is 6.42 Å². The summed E-state index contributed by atoms with van der Waals surface area (Å²) in [5.74, 6) is 0.143. The van der Waals surface area contributed by atoms with Crippen molar-refractivity contribution in [1.82, 2.24) is 9.97 Å². The van der Waals surface area contributed by atoms with Crippen molar-refractivity contribution in [2.24, 2.45) is 5.73 Å². The summed E-state index contributed by atoms with van der Waals surface area (Å²) in [4.78, 5) is 18.1. The van der Waals surface area contributed by atoms with Gasteiger partial charge in [-0.3, -0.25) is 4.79 Å². The zero-order valence-corrected chi connectivity index (χ0v) is 8.79. The van der Waals surface area contributed by atoms with Gasteiger partial charge in [-0.25, -0.2) is 9.97 Å². The summed E-state index contributed by atoms with van der Waals surface area (Å²) in [6.45, 7) is 0.556. The molecule has 0 bridgehead atoms. The van der Waals surface area contributed by atoms with E-state index in [0.717, 1.165) is 0 Å². The van der Waals surface area contributed by atoms with Crippen molar-refractivity contribution in [2.75, 3.05) is 17.6 Å². The molecule has 15 heavy (non-hydrogen) atoms. The molecular weight excluding hydrogens is 218 g/mol. The van der Waals surface area contributed by atoms with Crippen LogP contribution in [0.4, 0.5) is 11.5 Å². The van der Waals surface area contributed by atoms with E-state index in [1.54, 1.807) is 0 Å². The van der Waals surface area contributed by atoms with Crippen molar-refractivity contribution in [2.45, 2.75) is 12.8 Å². The number of halogens is 1. The molecule has 0 aliphatic rings. The van der Waals surface area contributed by atoms with Crippen LogP contribution in [0.5, 0.6) is 0 Å². The lowest BCUT2D eigenvalue weighted by Gasteiger charge is -2.07. The summed E-state index contributed by atoms with van der Waals surface area (Å²) in [5, 5.41) is 3.15. The Morgan fingerprint density at radius 3 is 2.93 bits per heavy atom. The normalized spacial score (nSPS) is 9.93. The van der Waals surface area contributed by atoms with Crippen LogP contribution in [0.1, 0.15) is 12.8 Å². The fraction of sp³-hybridized carbons (Fsp3) is 0.375. The van der Waals surface area contributed by atoms with Gasteiger partial charge < -0.3 is 16.8 Å². The number of primary amides is 1. The van der Waals surface area contributed by atoms with Crippen LogP contribution in [-0.2, 0) is 4.79 Å². The predicted octanol–water partition coefficient (Wildman–Crippen LogP) is 0.390. The van der Waals surface area contributed by atoms with Crippen LogP contribution in [0.15, 0.2) is 6.33 Å². The van der Waals surface area contributed by atoms with Gasteiger partial charge in [0.1, 0.15) is 12.0 Å². The van der Waals surface area contributed by atoms with Crippen molar-refractivity contribution < 1.29 is 4.79 Å². The molecule has 0 fully saturated rings. The molecule has 0 aromatic carbocycles. The van der Waals surface area contributed by atoms with Gasteiger partial charge in [0.15, 0.2) is 11.0 Å². The monoisotopic (exact) mass is 229 g/mol. The topological polar surface area (TPSA) is 107 Å². The van der Waals surface area contributed by atoms with Crippen LogP contribution >= 0.6 is 11.6 Å². The van der Waals surface area contributed by atoms with Crippen LogP contribution in [0, 0.1) is 0 Å². The Bertz CT molecular complexity index is 357. The van der Waals surface area contributed by atoms with Crippen LogP contribution in [0.25, 0.3) is 0 Å². The average molecular weight is 230 g/mol. The van der Waals surface area contributed by atoms with Gasteiger partial charge >= 0.3 is 0 Å². The molecule has 0 unspecified atom stereocenters. The number of hydrogen-bond acceptors (Lipinski definition) is 5. The van der Waals surface area contributed by atoms with Crippen LogP contribution in [0.3, 0.4) is 0 Å². The SMILES string of the molecule is NC(=O)CCCNc1ncnc(Cl)c1N. The second kappa shape index (κ2) is 5.35. The van der Waals surface area contributed by atoms with E-state index in [4.69, 9.17) is 23.1 Å². The van der Waals surface area contributed by atoms with Crippen molar-refractivity contribution in [3.8, 4) is 0 Å². The van der Waals surface area contributed by atoms with Gasteiger partial charge in [-0.15, -0.1) is 0 Å². The predicted molar refractivity (Wildman–Crippen MR) is 58.4 cm³/mol. The zero-order valence-electron chi connectivity index (χ0n) is 8.03. The smallest absolute Gasteiger partial charge is 0.217 e. The highest BCUT2D eigenvalue weighted by molar-refractivity contribution is 6.32. The van der Waals surface area contributed by atoms with Crippen LogP contribution in [0.2, 0.25) is 5.15 Å². The molecule has 1 aromatic rings. The minimum Gasteiger partial charge on any atom is -0.393 e.